The van der Waals surface area contributed by atoms with Crippen LogP contribution in [-0.4, -0.2) is 38.7 Å². The number of aromatic amines is 1. The molecule has 3 aromatic heterocycles. The summed E-state index contributed by atoms with van der Waals surface area (Å²) in [5.74, 6) is 1.71. The van der Waals surface area contributed by atoms with Gasteiger partial charge in [-0.25, -0.2) is 4.98 Å². The van der Waals surface area contributed by atoms with Crippen LogP contribution in [0.4, 0.5) is 5.82 Å². The van der Waals surface area contributed by atoms with Crippen LogP contribution in [0.3, 0.4) is 0 Å². The molecule has 0 atom stereocenters. The molecule has 0 saturated carbocycles. The Bertz CT molecular complexity index is 1440. The van der Waals surface area contributed by atoms with E-state index in [0.717, 1.165) is 33.4 Å². The fourth-order valence-electron chi connectivity index (χ4n) is 3.90. The molecule has 2 aromatic carbocycles. The molecule has 0 radical (unpaired) electrons. The van der Waals surface area contributed by atoms with Crippen LogP contribution in [0.25, 0.3) is 27.8 Å². The molecule has 32 heavy (non-hydrogen) atoms. The number of fused-ring (bicyclic) bond motifs is 3. The average Bonchev–Trinajstić information content (AvgIpc) is 3.43. The molecule has 5 aromatic rings. The van der Waals surface area contributed by atoms with E-state index >= 15 is 0 Å². The molecular formula is C24H19N5O3. The molecule has 4 heterocycles. The van der Waals surface area contributed by atoms with E-state index in [0.29, 0.717) is 30.5 Å². The average molecular weight is 425 g/mol. The van der Waals surface area contributed by atoms with E-state index in [1.54, 1.807) is 0 Å². The number of imidazole rings is 1. The van der Waals surface area contributed by atoms with Crippen LogP contribution in [0.15, 0.2) is 67.0 Å². The number of nitrogens with one attached hydrogen (secondary N) is 2. The van der Waals surface area contributed by atoms with Crippen LogP contribution in [-0.2, 0) is 11.2 Å². The molecule has 0 unspecified atom stereocenters. The minimum absolute atomic E-state index is 0.159. The molecule has 0 aliphatic carbocycles. The van der Waals surface area contributed by atoms with Crippen molar-refractivity contribution in [3.63, 3.8) is 0 Å². The van der Waals surface area contributed by atoms with E-state index in [4.69, 9.17) is 9.47 Å². The van der Waals surface area contributed by atoms with Crippen molar-refractivity contribution in [1.29, 1.82) is 0 Å². The Morgan fingerprint density at radius 3 is 2.88 bits per heavy atom. The predicted octanol–water partition coefficient (Wildman–Crippen LogP) is 3.83. The van der Waals surface area contributed by atoms with E-state index in [1.165, 1.54) is 0 Å². The second kappa shape index (κ2) is 7.42. The lowest BCUT2D eigenvalue weighted by Gasteiger charge is -2.18. The number of amides is 1. The number of hydrogen-bond donors (Lipinski definition) is 2. The minimum atomic E-state index is -0.159. The summed E-state index contributed by atoms with van der Waals surface area (Å²) in [6.07, 6.45) is 4.15. The zero-order valence-electron chi connectivity index (χ0n) is 17.0. The van der Waals surface area contributed by atoms with Gasteiger partial charge in [-0.3, -0.25) is 9.89 Å². The molecule has 158 valence electrons. The maximum atomic E-state index is 12.7. The van der Waals surface area contributed by atoms with Crippen LogP contribution in [0.2, 0.25) is 0 Å². The summed E-state index contributed by atoms with van der Waals surface area (Å²) in [6.45, 7) is 1.05. The van der Waals surface area contributed by atoms with Crippen LogP contribution < -0.4 is 14.8 Å². The topological polar surface area (TPSA) is 93.5 Å². The minimum Gasteiger partial charge on any atom is -0.486 e. The molecule has 0 spiro atoms. The van der Waals surface area contributed by atoms with Gasteiger partial charge in [-0.2, -0.15) is 5.10 Å². The number of rotatable bonds is 4. The summed E-state index contributed by atoms with van der Waals surface area (Å²) in [5.41, 5.74) is 4.37. The summed E-state index contributed by atoms with van der Waals surface area (Å²) < 4.78 is 13.1. The second-order valence-electron chi connectivity index (χ2n) is 7.63. The van der Waals surface area contributed by atoms with E-state index in [-0.39, 0.29) is 12.3 Å². The Morgan fingerprint density at radius 1 is 1.06 bits per heavy atom. The second-order valence-corrected chi connectivity index (χ2v) is 7.63. The van der Waals surface area contributed by atoms with E-state index in [1.807, 2.05) is 71.4 Å². The molecule has 0 saturated heterocycles. The zero-order chi connectivity index (χ0) is 21.5. The number of carbonyl (C=O) groups is 1. The smallest absolute Gasteiger partial charge is 0.230 e. The van der Waals surface area contributed by atoms with Crippen LogP contribution in [0.5, 0.6) is 11.5 Å². The molecular weight excluding hydrogens is 406 g/mol. The number of pyridine rings is 1. The SMILES string of the molecule is O=C(Cc1ccc2c(c1)OCCO2)Nc1n[nH]c2ccc(-c3cn4ccccc4n3)cc12. The highest BCUT2D eigenvalue weighted by molar-refractivity contribution is 6.01. The van der Waals surface area contributed by atoms with Gasteiger partial charge in [-0.1, -0.05) is 18.2 Å². The third kappa shape index (κ3) is 3.31. The lowest BCUT2D eigenvalue weighted by molar-refractivity contribution is -0.115. The summed E-state index contributed by atoms with van der Waals surface area (Å²) >= 11 is 0. The molecule has 0 bridgehead atoms. The van der Waals surface area contributed by atoms with Gasteiger partial charge in [0.25, 0.3) is 0 Å². The van der Waals surface area contributed by atoms with Crippen molar-refractivity contribution in [2.75, 3.05) is 18.5 Å². The van der Waals surface area contributed by atoms with Crippen LogP contribution in [0.1, 0.15) is 5.56 Å². The number of hydrogen-bond acceptors (Lipinski definition) is 5. The fraction of sp³-hybridized carbons (Fsp3) is 0.125. The van der Waals surface area contributed by atoms with Crippen molar-refractivity contribution >= 4 is 28.3 Å². The van der Waals surface area contributed by atoms with Crippen molar-refractivity contribution in [3.05, 3.63) is 72.6 Å². The van der Waals surface area contributed by atoms with Gasteiger partial charge in [0.2, 0.25) is 5.91 Å². The van der Waals surface area contributed by atoms with Crippen molar-refractivity contribution in [2.24, 2.45) is 0 Å². The van der Waals surface area contributed by atoms with E-state index in [9.17, 15) is 4.79 Å². The maximum absolute atomic E-state index is 12.7. The number of aromatic nitrogens is 4. The van der Waals surface area contributed by atoms with Crippen LogP contribution in [0, 0.1) is 0 Å². The first kappa shape index (κ1) is 18.4. The van der Waals surface area contributed by atoms with Gasteiger partial charge in [0.15, 0.2) is 17.3 Å². The summed E-state index contributed by atoms with van der Waals surface area (Å²) in [6, 6.07) is 17.4. The Hall–Kier alpha value is -4.33. The number of H-pyrrole nitrogens is 1. The van der Waals surface area contributed by atoms with Gasteiger partial charge >= 0.3 is 0 Å². The van der Waals surface area contributed by atoms with Gasteiger partial charge in [-0.15, -0.1) is 0 Å². The standard InChI is InChI=1S/C24H19N5O3/c30-23(12-15-4-7-20-21(11-15)32-10-9-31-20)26-24-17-13-16(5-6-18(17)27-28-24)19-14-29-8-2-1-3-22(29)25-19/h1-8,11,13-14H,9-10,12H2,(H2,26,27,28,30). The lowest BCUT2D eigenvalue weighted by atomic mass is 10.1. The van der Waals surface area contributed by atoms with Gasteiger partial charge in [0.1, 0.15) is 18.9 Å². The Kier molecular flexibility index (Phi) is 4.28. The number of carbonyl (C=O) groups excluding carboxylic acids is 1. The number of benzene rings is 2. The van der Waals surface area contributed by atoms with Crippen molar-refractivity contribution in [2.45, 2.75) is 6.42 Å². The third-order valence-corrected chi connectivity index (χ3v) is 5.45. The van der Waals surface area contributed by atoms with Crippen molar-refractivity contribution < 1.29 is 14.3 Å². The highest BCUT2D eigenvalue weighted by Gasteiger charge is 2.15. The molecule has 1 aliphatic rings. The molecule has 8 nitrogen and oxygen atoms in total. The first-order chi connectivity index (χ1) is 15.7. The quantitative estimate of drug-likeness (QED) is 0.456. The number of nitrogens with zero attached hydrogens (tertiary/aromatic N) is 3. The van der Waals surface area contributed by atoms with Gasteiger partial charge in [0, 0.05) is 23.3 Å². The molecule has 6 rings (SSSR count). The number of ether oxygens (including phenoxy) is 2. The molecule has 8 heteroatoms. The first-order valence-electron chi connectivity index (χ1n) is 10.3. The normalized spacial score (nSPS) is 12.9. The largest absolute Gasteiger partial charge is 0.486 e. The van der Waals surface area contributed by atoms with Crippen molar-refractivity contribution in [3.8, 4) is 22.8 Å². The van der Waals surface area contributed by atoms with Crippen LogP contribution >= 0.6 is 0 Å². The van der Waals surface area contributed by atoms with Gasteiger partial charge in [-0.05, 0) is 42.0 Å². The first-order valence-corrected chi connectivity index (χ1v) is 10.3. The summed E-state index contributed by atoms with van der Waals surface area (Å²) in [5, 5.41) is 11.0. The molecule has 1 amide bonds. The monoisotopic (exact) mass is 425 g/mol. The van der Waals surface area contributed by atoms with E-state index in [2.05, 4.69) is 20.5 Å². The molecule has 1 aliphatic heterocycles. The number of anilines is 1. The van der Waals surface area contributed by atoms with E-state index < -0.39 is 0 Å². The van der Waals surface area contributed by atoms with Gasteiger partial charge < -0.3 is 19.2 Å². The fourth-order valence-corrected chi connectivity index (χ4v) is 3.90. The molecule has 0 fully saturated rings. The Balaban J connectivity index is 1.25. The highest BCUT2D eigenvalue weighted by Crippen LogP contribution is 2.31. The Morgan fingerprint density at radius 2 is 1.97 bits per heavy atom. The third-order valence-electron chi connectivity index (χ3n) is 5.45. The highest BCUT2D eigenvalue weighted by atomic mass is 16.6. The maximum Gasteiger partial charge on any atom is 0.230 e. The lowest BCUT2D eigenvalue weighted by Crippen LogP contribution is -2.17. The molecule has 2 N–H and O–H groups in total. The predicted molar refractivity (Wildman–Crippen MR) is 120 cm³/mol. The Labute approximate surface area is 182 Å². The summed E-state index contributed by atoms with van der Waals surface area (Å²) in [4.78, 5) is 17.4. The van der Waals surface area contributed by atoms with Gasteiger partial charge in [0.05, 0.1) is 17.6 Å². The zero-order valence-corrected chi connectivity index (χ0v) is 17.0. The summed E-state index contributed by atoms with van der Waals surface area (Å²) in [7, 11) is 0. The van der Waals surface area contributed by atoms with Crippen molar-refractivity contribution in [1.82, 2.24) is 19.6 Å².